The van der Waals surface area contributed by atoms with Gasteiger partial charge in [0.1, 0.15) is 17.9 Å². The van der Waals surface area contributed by atoms with E-state index in [-0.39, 0.29) is 18.0 Å². The van der Waals surface area contributed by atoms with Crippen LogP contribution in [0.3, 0.4) is 0 Å². The Bertz CT molecular complexity index is 840. The molecule has 1 aromatic carbocycles. The number of carbonyl (C=O) groups excluding carboxylic acids is 2. The van der Waals surface area contributed by atoms with Gasteiger partial charge in [0, 0.05) is 32.3 Å². The number of carbonyl (C=O) groups is 2. The molecule has 30 heavy (non-hydrogen) atoms. The molecule has 3 heterocycles. The lowest BCUT2D eigenvalue weighted by Gasteiger charge is -2.27. The lowest BCUT2D eigenvalue weighted by Crippen LogP contribution is -2.50. The first-order valence-corrected chi connectivity index (χ1v) is 10.6. The third kappa shape index (κ3) is 4.90. The van der Waals surface area contributed by atoms with Crippen LogP contribution in [-0.4, -0.2) is 65.0 Å². The highest BCUT2D eigenvalue weighted by molar-refractivity contribution is 5.88. The predicted molar refractivity (Wildman–Crippen MR) is 113 cm³/mol. The van der Waals surface area contributed by atoms with Crippen molar-refractivity contribution in [1.29, 1.82) is 0 Å². The summed E-state index contributed by atoms with van der Waals surface area (Å²) in [6, 6.07) is 13.0. The molecule has 0 saturated carbocycles. The standard InChI is InChI=1S/C23H28N4O3/c28-22(26-13-4-5-14-26)21-15-20(30-19-9-6-11-24-16-19)17-27(21)23(29)25-12-10-18-7-2-1-3-8-18/h1-3,6-9,11,16,20-21H,4-5,10,12-15,17H2,(H,25,29)/t20-,21-/m0/s1. The van der Waals surface area contributed by atoms with E-state index in [1.54, 1.807) is 17.3 Å². The monoisotopic (exact) mass is 408 g/mol. The number of nitrogens with zero attached hydrogens (tertiary/aromatic N) is 3. The molecule has 1 aromatic heterocycles. The second-order valence-electron chi connectivity index (χ2n) is 7.83. The van der Waals surface area contributed by atoms with Gasteiger partial charge < -0.3 is 19.9 Å². The van der Waals surface area contributed by atoms with E-state index in [2.05, 4.69) is 10.3 Å². The molecule has 0 aliphatic carbocycles. The molecule has 0 spiro atoms. The third-order valence-electron chi connectivity index (χ3n) is 5.70. The average Bonchev–Trinajstić information content (AvgIpc) is 3.45. The van der Waals surface area contributed by atoms with Gasteiger partial charge in [-0.05, 0) is 37.0 Å². The van der Waals surface area contributed by atoms with Gasteiger partial charge in [0.25, 0.3) is 0 Å². The Morgan fingerprint density at radius 2 is 1.90 bits per heavy atom. The van der Waals surface area contributed by atoms with Gasteiger partial charge in [-0.3, -0.25) is 9.78 Å². The Hall–Kier alpha value is -3.09. The van der Waals surface area contributed by atoms with E-state index < -0.39 is 6.04 Å². The lowest BCUT2D eigenvalue weighted by atomic mass is 10.1. The Morgan fingerprint density at radius 1 is 1.10 bits per heavy atom. The zero-order valence-corrected chi connectivity index (χ0v) is 17.1. The summed E-state index contributed by atoms with van der Waals surface area (Å²) in [6.07, 6.45) is 6.41. The zero-order chi connectivity index (χ0) is 20.8. The molecule has 7 heteroatoms. The van der Waals surface area contributed by atoms with Crippen molar-refractivity contribution in [2.24, 2.45) is 0 Å². The molecule has 2 aliphatic rings. The second-order valence-corrected chi connectivity index (χ2v) is 7.83. The van der Waals surface area contributed by atoms with Crippen LogP contribution in [0.4, 0.5) is 4.79 Å². The van der Waals surface area contributed by atoms with Gasteiger partial charge in [0.05, 0.1) is 12.7 Å². The summed E-state index contributed by atoms with van der Waals surface area (Å²) < 4.78 is 6.02. The smallest absolute Gasteiger partial charge is 0.318 e. The summed E-state index contributed by atoms with van der Waals surface area (Å²) in [5, 5.41) is 2.98. The van der Waals surface area contributed by atoms with Crippen LogP contribution >= 0.6 is 0 Å². The summed E-state index contributed by atoms with van der Waals surface area (Å²) in [4.78, 5) is 33.6. The number of hydrogen-bond donors (Lipinski definition) is 1. The highest BCUT2D eigenvalue weighted by atomic mass is 16.5. The van der Waals surface area contributed by atoms with Crippen LogP contribution in [0.2, 0.25) is 0 Å². The molecule has 1 N–H and O–H groups in total. The number of pyridine rings is 1. The number of likely N-dealkylation sites (tertiary alicyclic amines) is 2. The van der Waals surface area contributed by atoms with Gasteiger partial charge in [-0.2, -0.15) is 0 Å². The molecule has 0 radical (unpaired) electrons. The number of hydrogen-bond acceptors (Lipinski definition) is 4. The maximum absolute atomic E-state index is 13.1. The zero-order valence-electron chi connectivity index (χ0n) is 17.1. The highest BCUT2D eigenvalue weighted by Crippen LogP contribution is 2.25. The third-order valence-corrected chi connectivity index (χ3v) is 5.70. The molecule has 7 nitrogen and oxygen atoms in total. The van der Waals surface area contributed by atoms with Crippen LogP contribution < -0.4 is 10.1 Å². The van der Waals surface area contributed by atoms with Crippen molar-refractivity contribution in [2.45, 2.75) is 37.8 Å². The van der Waals surface area contributed by atoms with Crippen molar-refractivity contribution in [3.8, 4) is 5.75 Å². The van der Waals surface area contributed by atoms with Gasteiger partial charge in [-0.25, -0.2) is 4.79 Å². The molecule has 0 unspecified atom stereocenters. The SMILES string of the molecule is O=C([C@@H]1C[C@H](Oc2cccnc2)CN1C(=O)NCCc1ccccc1)N1CCCC1. The minimum atomic E-state index is -0.485. The number of urea groups is 1. The van der Waals surface area contributed by atoms with Gasteiger partial charge >= 0.3 is 6.03 Å². The lowest BCUT2D eigenvalue weighted by molar-refractivity contribution is -0.134. The van der Waals surface area contributed by atoms with E-state index in [9.17, 15) is 9.59 Å². The van der Waals surface area contributed by atoms with Crippen LogP contribution in [0.1, 0.15) is 24.8 Å². The summed E-state index contributed by atoms with van der Waals surface area (Å²) in [6.45, 7) is 2.45. The van der Waals surface area contributed by atoms with Gasteiger partial charge in [-0.15, -0.1) is 0 Å². The molecule has 0 bridgehead atoms. The molecule has 3 amide bonds. The first-order valence-electron chi connectivity index (χ1n) is 10.6. The van der Waals surface area contributed by atoms with E-state index in [1.807, 2.05) is 47.4 Å². The van der Waals surface area contributed by atoms with Crippen LogP contribution in [-0.2, 0) is 11.2 Å². The van der Waals surface area contributed by atoms with Crippen molar-refractivity contribution in [3.05, 3.63) is 60.4 Å². The predicted octanol–water partition coefficient (Wildman–Crippen LogP) is 2.48. The van der Waals surface area contributed by atoms with Crippen molar-refractivity contribution < 1.29 is 14.3 Å². The second kappa shape index (κ2) is 9.61. The van der Waals surface area contributed by atoms with Crippen molar-refractivity contribution in [3.63, 3.8) is 0 Å². The molecule has 2 aromatic rings. The number of nitrogens with one attached hydrogen (secondary N) is 1. The highest BCUT2D eigenvalue weighted by Gasteiger charge is 2.42. The van der Waals surface area contributed by atoms with Gasteiger partial charge in [-0.1, -0.05) is 30.3 Å². The van der Waals surface area contributed by atoms with Crippen LogP contribution in [0.5, 0.6) is 5.75 Å². The van der Waals surface area contributed by atoms with Crippen LogP contribution in [0.25, 0.3) is 0 Å². The van der Waals surface area contributed by atoms with Crippen LogP contribution in [0, 0.1) is 0 Å². The van der Waals surface area contributed by atoms with Gasteiger partial charge in [0.2, 0.25) is 5.91 Å². The number of amides is 3. The summed E-state index contributed by atoms with van der Waals surface area (Å²) >= 11 is 0. The fourth-order valence-electron chi connectivity index (χ4n) is 4.16. The number of rotatable bonds is 6. The molecular formula is C23H28N4O3. The van der Waals surface area contributed by atoms with E-state index >= 15 is 0 Å². The molecule has 4 rings (SSSR count). The molecule has 2 aliphatic heterocycles. The minimum absolute atomic E-state index is 0.0306. The van der Waals surface area contributed by atoms with E-state index in [4.69, 9.17) is 4.74 Å². The molecular weight excluding hydrogens is 380 g/mol. The molecule has 2 saturated heterocycles. The Morgan fingerprint density at radius 3 is 2.63 bits per heavy atom. The summed E-state index contributed by atoms with van der Waals surface area (Å²) in [5.74, 6) is 0.684. The summed E-state index contributed by atoms with van der Waals surface area (Å²) in [7, 11) is 0. The molecule has 2 fully saturated rings. The number of aromatic nitrogens is 1. The topological polar surface area (TPSA) is 74.8 Å². The van der Waals surface area contributed by atoms with Crippen LogP contribution in [0.15, 0.2) is 54.9 Å². The van der Waals surface area contributed by atoms with Gasteiger partial charge in [0.15, 0.2) is 0 Å². The Kier molecular flexibility index (Phi) is 6.47. The quantitative estimate of drug-likeness (QED) is 0.797. The Balaban J connectivity index is 1.40. The van der Waals surface area contributed by atoms with E-state index in [0.717, 1.165) is 32.4 Å². The first-order chi connectivity index (χ1) is 14.7. The number of ether oxygens (including phenoxy) is 1. The van der Waals surface area contributed by atoms with E-state index in [1.165, 1.54) is 5.56 Å². The van der Waals surface area contributed by atoms with Crippen molar-refractivity contribution in [2.75, 3.05) is 26.2 Å². The number of benzene rings is 1. The molecule has 158 valence electrons. The first kappa shape index (κ1) is 20.2. The fourth-order valence-corrected chi connectivity index (χ4v) is 4.16. The largest absolute Gasteiger partial charge is 0.487 e. The van der Waals surface area contributed by atoms with Crippen molar-refractivity contribution in [1.82, 2.24) is 20.1 Å². The maximum atomic E-state index is 13.1. The molecule has 2 atom stereocenters. The van der Waals surface area contributed by atoms with E-state index in [0.29, 0.717) is 25.3 Å². The fraction of sp³-hybridized carbons (Fsp3) is 0.435. The maximum Gasteiger partial charge on any atom is 0.318 e. The normalized spacial score (nSPS) is 20.9. The average molecular weight is 409 g/mol. The van der Waals surface area contributed by atoms with Crippen molar-refractivity contribution >= 4 is 11.9 Å². The minimum Gasteiger partial charge on any atom is -0.487 e. The Labute approximate surface area is 177 Å². The summed E-state index contributed by atoms with van der Waals surface area (Å²) in [5.41, 5.74) is 1.17.